The Labute approximate surface area is 128 Å². The molecule has 0 radical (unpaired) electrons. The summed E-state index contributed by atoms with van der Waals surface area (Å²) in [5, 5.41) is 7.18. The van der Waals surface area contributed by atoms with Gasteiger partial charge in [0.25, 0.3) is 0 Å². The first-order chi connectivity index (χ1) is 9.61. The van der Waals surface area contributed by atoms with Gasteiger partial charge >= 0.3 is 0 Å². The van der Waals surface area contributed by atoms with Crippen molar-refractivity contribution in [2.45, 2.75) is 32.6 Å². The molecule has 0 heterocycles. The number of unbranched alkanes of at least 4 members (excludes halogenated alkanes) is 1. The van der Waals surface area contributed by atoms with E-state index in [9.17, 15) is 0 Å². The lowest BCUT2D eigenvalue weighted by Crippen LogP contribution is -3.05. The summed E-state index contributed by atoms with van der Waals surface area (Å²) >= 11 is 5.29. The zero-order valence-corrected chi connectivity index (χ0v) is 13.8. The molecule has 0 saturated heterocycles. The van der Waals surface area contributed by atoms with Crippen molar-refractivity contribution >= 4 is 23.0 Å². The Morgan fingerprint density at radius 3 is 2.45 bits per heavy atom. The highest BCUT2D eigenvalue weighted by molar-refractivity contribution is 7.80. The van der Waals surface area contributed by atoms with Gasteiger partial charge in [-0.05, 0) is 42.8 Å². The van der Waals surface area contributed by atoms with E-state index in [1.54, 1.807) is 0 Å². The maximum Gasteiger partial charge on any atom is 0.170 e. The highest BCUT2D eigenvalue weighted by atomic mass is 32.1. The van der Waals surface area contributed by atoms with Crippen LogP contribution < -0.4 is 15.5 Å². The van der Waals surface area contributed by atoms with Crippen LogP contribution in [0.4, 0.5) is 5.69 Å². The van der Waals surface area contributed by atoms with E-state index in [4.69, 9.17) is 12.2 Å². The molecule has 1 aromatic carbocycles. The molecule has 20 heavy (non-hydrogen) atoms. The Morgan fingerprint density at radius 1 is 1.15 bits per heavy atom. The van der Waals surface area contributed by atoms with Crippen LogP contribution in [0, 0.1) is 0 Å². The molecule has 0 aromatic heterocycles. The Balaban J connectivity index is 2.27. The standard InChI is InChI=1S/C16H27N3S/c1-4-5-7-14-8-10-15(11-9-14)18-16(20)17-12-6-13-19(2)3/h8-11H,4-7,12-13H2,1-3H3,(H2,17,18,20)/p+1. The number of quaternary nitrogens is 1. The predicted octanol–water partition coefficient (Wildman–Crippen LogP) is 1.85. The van der Waals surface area contributed by atoms with Crippen LogP contribution in [0.5, 0.6) is 0 Å². The molecule has 0 aliphatic carbocycles. The van der Waals surface area contributed by atoms with Gasteiger partial charge in [-0.3, -0.25) is 0 Å². The summed E-state index contributed by atoms with van der Waals surface area (Å²) in [6, 6.07) is 8.55. The average Bonchev–Trinajstić information content (AvgIpc) is 2.43. The quantitative estimate of drug-likeness (QED) is 0.505. The number of benzene rings is 1. The van der Waals surface area contributed by atoms with Crippen LogP contribution >= 0.6 is 12.2 Å². The molecule has 0 spiro atoms. The third-order valence-electron chi connectivity index (χ3n) is 3.17. The summed E-state index contributed by atoms with van der Waals surface area (Å²) in [6.07, 6.45) is 4.77. The fourth-order valence-electron chi connectivity index (χ4n) is 1.95. The van der Waals surface area contributed by atoms with E-state index in [0.29, 0.717) is 5.11 Å². The smallest absolute Gasteiger partial charge is 0.170 e. The van der Waals surface area contributed by atoms with Crippen LogP contribution in [-0.4, -0.2) is 32.3 Å². The summed E-state index contributed by atoms with van der Waals surface area (Å²) in [7, 11) is 4.33. The van der Waals surface area contributed by atoms with Gasteiger partial charge in [-0.1, -0.05) is 25.5 Å². The lowest BCUT2D eigenvalue weighted by molar-refractivity contribution is -0.858. The number of thiocarbonyl (C=S) groups is 1. The van der Waals surface area contributed by atoms with Crippen LogP contribution in [-0.2, 0) is 6.42 Å². The van der Waals surface area contributed by atoms with E-state index in [1.165, 1.54) is 23.3 Å². The summed E-state index contributed by atoms with van der Waals surface area (Å²) < 4.78 is 0. The van der Waals surface area contributed by atoms with Gasteiger partial charge in [0, 0.05) is 18.7 Å². The number of hydrogen-bond donors (Lipinski definition) is 3. The first-order valence-electron chi connectivity index (χ1n) is 7.54. The van der Waals surface area contributed by atoms with Gasteiger partial charge < -0.3 is 15.5 Å². The Hall–Kier alpha value is -1.13. The molecule has 4 heteroatoms. The molecule has 1 rings (SSSR count). The highest BCUT2D eigenvalue weighted by Crippen LogP contribution is 2.11. The molecule has 3 nitrogen and oxygen atoms in total. The summed E-state index contributed by atoms with van der Waals surface area (Å²) in [5.74, 6) is 0. The molecule has 0 fully saturated rings. The molecule has 0 bridgehead atoms. The zero-order chi connectivity index (χ0) is 14.8. The van der Waals surface area contributed by atoms with E-state index in [-0.39, 0.29) is 0 Å². The van der Waals surface area contributed by atoms with E-state index >= 15 is 0 Å². The van der Waals surface area contributed by atoms with Crippen molar-refractivity contribution in [2.75, 3.05) is 32.5 Å². The second-order valence-corrected chi connectivity index (χ2v) is 5.90. The van der Waals surface area contributed by atoms with Crippen molar-refractivity contribution in [3.63, 3.8) is 0 Å². The van der Waals surface area contributed by atoms with Crippen molar-refractivity contribution in [1.29, 1.82) is 0 Å². The molecule has 0 atom stereocenters. The van der Waals surface area contributed by atoms with Crippen molar-refractivity contribution in [2.24, 2.45) is 0 Å². The first kappa shape index (κ1) is 16.9. The SMILES string of the molecule is CCCCc1ccc(NC(=S)NCCC[NH+](C)C)cc1. The maximum absolute atomic E-state index is 5.29. The Bertz CT molecular complexity index is 387. The predicted molar refractivity (Wildman–Crippen MR) is 91.6 cm³/mol. The Kier molecular flexibility index (Phi) is 8.23. The van der Waals surface area contributed by atoms with Gasteiger partial charge in [0.15, 0.2) is 5.11 Å². The topological polar surface area (TPSA) is 28.5 Å². The second-order valence-electron chi connectivity index (χ2n) is 5.49. The molecule has 0 amide bonds. The van der Waals surface area contributed by atoms with Crippen molar-refractivity contribution in [1.82, 2.24) is 5.32 Å². The average molecular weight is 294 g/mol. The van der Waals surface area contributed by atoms with Gasteiger partial charge in [-0.25, -0.2) is 0 Å². The molecule has 3 N–H and O–H groups in total. The number of rotatable bonds is 8. The summed E-state index contributed by atoms with van der Waals surface area (Å²) in [4.78, 5) is 1.47. The third kappa shape index (κ3) is 7.46. The lowest BCUT2D eigenvalue weighted by Gasteiger charge is -2.12. The van der Waals surface area contributed by atoms with Gasteiger partial charge in [-0.15, -0.1) is 0 Å². The van der Waals surface area contributed by atoms with E-state index in [0.717, 1.165) is 31.6 Å². The van der Waals surface area contributed by atoms with Crippen molar-refractivity contribution in [3.8, 4) is 0 Å². The lowest BCUT2D eigenvalue weighted by atomic mass is 10.1. The zero-order valence-electron chi connectivity index (χ0n) is 13.0. The molecular formula is C16H28N3S+. The molecule has 0 aliphatic heterocycles. The minimum absolute atomic E-state index is 0.708. The first-order valence-corrected chi connectivity index (χ1v) is 7.95. The minimum Gasteiger partial charge on any atom is -0.362 e. The van der Waals surface area contributed by atoms with Crippen molar-refractivity contribution < 1.29 is 4.90 Å². The van der Waals surface area contributed by atoms with Gasteiger partial charge in [-0.2, -0.15) is 0 Å². The van der Waals surface area contributed by atoms with Crippen molar-refractivity contribution in [3.05, 3.63) is 29.8 Å². The monoisotopic (exact) mass is 294 g/mol. The van der Waals surface area contributed by atoms with Gasteiger partial charge in [0.05, 0.1) is 20.6 Å². The third-order valence-corrected chi connectivity index (χ3v) is 3.42. The maximum atomic E-state index is 5.29. The molecular weight excluding hydrogens is 266 g/mol. The second kappa shape index (κ2) is 9.72. The van der Waals surface area contributed by atoms with Crippen LogP contribution in [0.2, 0.25) is 0 Å². The van der Waals surface area contributed by atoms with E-state index < -0.39 is 0 Å². The largest absolute Gasteiger partial charge is 0.362 e. The summed E-state index contributed by atoms with van der Waals surface area (Å²) in [6.45, 7) is 4.30. The van der Waals surface area contributed by atoms with Gasteiger partial charge in [0.2, 0.25) is 0 Å². The molecule has 1 aromatic rings. The summed E-state index contributed by atoms with van der Waals surface area (Å²) in [5.41, 5.74) is 2.45. The number of nitrogens with one attached hydrogen (secondary N) is 3. The highest BCUT2D eigenvalue weighted by Gasteiger charge is 1.99. The molecule has 112 valence electrons. The van der Waals surface area contributed by atoms with E-state index in [2.05, 4.69) is 55.9 Å². The molecule has 0 unspecified atom stereocenters. The van der Waals surface area contributed by atoms with E-state index in [1.807, 2.05) is 0 Å². The molecule has 0 saturated carbocycles. The van der Waals surface area contributed by atoms with Crippen LogP contribution in [0.1, 0.15) is 31.7 Å². The minimum atomic E-state index is 0.708. The fourth-order valence-corrected chi connectivity index (χ4v) is 2.17. The fraction of sp³-hybridized carbons (Fsp3) is 0.562. The molecule has 0 aliphatic rings. The van der Waals surface area contributed by atoms with Crippen LogP contribution in [0.15, 0.2) is 24.3 Å². The number of hydrogen-bond acceptors (Lipinski definition) is 1. The van der Waals surface area contributed by atoms with Crippen LogP contribution in [0.25, 0.3) is 0 Å². The Morgan fingerprint density at radius 2 is 1.85 bits per heavy atom. The number of anilines is 1. The van der Waals surface area contributed by atoms with Gasteiger partial charge in [0.1, 0.15) is 0 Å². The number of aryl methyl sites for hydroxylation is 1. The normalized spacial score (nSPS) is 10.6. The van der Waals surface area contributed by atoms with Crippen LogP contribution in [0.3, 0.4) is 0 Å².